The Morgan fingerprint density at radius 1 is 1.73 bits per heavy atom. The third-order valence-electron chi connectivity index (χ3n) is 2.31. The van der Waals surface area contributed by atoms with E-state index in [9.17, 15) is 4.79 Å². The van der Waals surface area contributed by atoms with Crippen LogP contribution in [-0.4, -0.2) is 47.9 Å². The average Bonchev–Trinajstić information content (AvgIpc) is 2.75. The maximum absolute atomic E-state index is 11.4. The lowest BCUT2D eigenvalue weighted by atomic mass is 10.2. The van der Waals surface area contributed by atoms with E-state index in [1.165, 1.54) is 11.8 Å². The predicted octanol–water partition coefficient (Wildman–Crippen LogP) is 0.396. The molecule has 1 fully saturated rings. The van der Waals surface area contributed by atoms with Gasteiger partial charge >= 0.3 is 0 Å². The average molecular weight is 233 g/mol. The monoisotopic (exact) mass is 233 g/mol. The maximum atomic E-state index is 11.4. The van der Waals surface area contributed by atoms with Gasteiger partial charge in [-0.1, -0.05) is 6.92 Å². The van der Waals surface area contributed by atoms with Gasteiger partial charge in [-0.2, -0.15) is 0 Å². The number of ether oxygens (including phenoxy) is 1. The number of rotatable bonds is 6. The van der Waals surface area contributed by atoms with Crippen LogP contribution in [0.4, 0.5) is 0 Å². The lowest BCUT2D eigenvalue weighted by Gasteiger charge is -2.11. The van der Waals surface area contributed by atoms with Gasteiger partial charge in [-0.05, 0) is 12.8 Å². The molecule has 0 aliphatic carbocycles. The third kappa shape index (κ3) is 5.39. The third-order valence-corrected chi connectivity index (χ3v) is 3.45. The molecule has 15 heavy (non-hydrogen) atoms. The van der Waals surface area contributed by atoms with Crippen LogP contribution in [0.5, 0.6) is 0 Å². The number of carbonyl (C=O) groups excluding carboxylic acids is 1. The van der Waals surface area contributed by atoms with Crippen molar-refractivity contribution in [1.29, 1.82) is 0 Å². The molecule has 0 bridgehead atoms. The molecular weight excluding hydrogens is 214 g/mol. The summed E-state index contributed by atoms with van der Waals surface area (Å²) < 4.78 is 5.39. The molecule has 1 aliphatic heterocycles. The summed E-state index contributed by atoms with van der Waals surface area (Å²) in [6, 6.07) is 0. The zero-order chi connectivity index (χ0) is 11.1. The molecule has 0 aromatic rings. The van der Waals surface area contributed by atoms with Crippen molar-refractivity contribution in [2.45, 2.75) is 31.1 Å². The van der Waals surface area contributed by atoms with Crippen molar-refractivity contribution in [3.63, 3.8) is 0 Å². The highest BCUT2D eigenvalue weighted by molar-refractivity contribution is 8.00. The lowest BCUT2D eigenvalue weighted by molar-refractivity contribution is -0.119. The van der Waals surface area contributed by atoms with E-state index in [1.807, 2.05) is 6.92 Å². The molecule has 88 valence electrons. The fourth-order valence-corrected chi connectivity index (χ4v) is 2.00. The van der Waals surface area contributed by atoms with E-state index >= 15 is 0 Å². The van der Waals surface area contributed by atoms with Gasteiger partial charge in [0.05, 0.1) is 18.5 Å². The van der Waals surface area contributed by atoms with Crippen molar-refractivity contribution in [1.82, 2.24) is 5.32 Å². The van der Waals surface area contributed by atoms with Gasteiger partial charge in [0.1, 0.15) is 0 Å². The van der Waals surface area contributed by atoms with Gasteiger partial charge in [-0.3, -0.25) is 4.79 Å². The van der Waals surface area contributed by atoms with Gasteiger partial charge in [-0.15, -0.1) is 11.8 Å². The molecule has 1 amide bonds. The number of amides is 1. The molecule has 2 N–H and O–H groups in total. The normalized spacial score (nSPS) is 22.7. The van der Waals surface area contributed by atoms with Crippen molar-refractivity contribution in [3.8, 4) is 0 Å². The minimum atomic E-state index is 0.0239. The Morgan fingerprint density at radius 2 is 2.53 bits per heavy atom. The molecule has 1 heterocycles. The number of hydrogen-bond donors (Lipinski definition) is 2. The standard InChI is InChI=1S/C10H19NO3S/c1-8(6-12)15-7-10(13)11-5-9-3-2-4-14-9/h8-9,12H,2-7H2,1H3,(H,11,13). The summed E-state index contributed by atoms with van der Waals surface area (Å²) in [5.41, 5.74) is 0. The minimum absolute atomic E-state index is 0.0239. The van der Waals surface area contributed by atoms with E-state index in [0.717, 1.165) is 19.4 Å². The van der Waals surface area contributed by atoms with E-state index in [-0.39, 0.29) is 23.9 Å². The zero-order valence-corrected chi connectivity index (χ0v) is 9.89. The minimum Gasteiger partial charge on any atom is -0.395 e. The van der Waals surface area contributed by atoms with E-state index in [1.54, 1.807) is 0 Å². The summed E-state index contributed by atoms with van der Waals surface area (Å²) in [5, 5.41) is 11.7. The van der Waals surface area contributed by atoms with Gasteiger partial charge in [0, 0.05) is 18.4 Å². The van der Waals surface area contributed by atoms with Gasteiger partial charge in [-0.25, -0.2) is 0 Å². The Morgan fingerprint density at radius 3 is 3.13 bits per heavy atom. The molecule has 1 rings (SSSR count). The van der Waals surface area contributed by atoms with Crippen molar-refractivity contribution in [2.75, 3.05) is 25.5 Å². The zero-order valence-electron chi connectivity index (χ0n) is 9.07. The molecule has 0 aromatic heterocycles. The van der Waals surface area contributed by atoms with Crippen LogP contribution in [0.15, 0.2) is 0 Å². The Hall–Kier alpha value is -0.260. The molecule has 0 saturated carbocycles. The second kappa shape index (κ2) is 7.09. The summed E-state index contributed by atoms with van der Waals surface area (Å²) in [6.45, 7) is 3.45. The van der Waals surface area contributed by atoms with Gasteiger partial charge in [0.15, 0.2) is 0 Å². The van der Waals surface area contributed by atoms with Crippen LogP contribution in [-0.2, 0) is 9.53 Å². The largest absolute Gasteiger partial charge is 0.395 e. The van der Waals surface area contributed by atoms with Crippen LogP contribution in [0.1, 0.15) is 19.8 Å². The predicted molar refractivity (Wildman–Crippen MR) is 61.0 cm³/mol. The summed E-state index contributed by atoms with van der Waals surface area (Å²) in [7, 11) is 0. The SMILES string of the molecule is CC(CO)SCC(=O)NCC1CCCO1. The highest BCUT2D eigenvalue weighted by atomic mass is 32.2. The maximum Gasteiger partial charge on any atom is 0.230 e. The first kappa shape index (κ1) is 12.8. The van der Waals surface area contributed by atoms with Gasteiger partial charge in [0.25, 0.3) is 0 Å². The van der Waals surface area contributed by atoms with Crippen LogP contribution in [0, 0.1) is 0 Å². The lowest BCUT2D eigenvalue weighted by Crippen LogP contribution is -2.33. The molecule has 1 aliphatic rings. The second-order valence-electron chi connectivity index (χ2n) is 3.74. The first-order valence-electron chi connectivity index (χ1n) is 5.33. The van der Waals surface area contributed by atoms with E-state index in [4.69, 9.17) is 9.84 Å². The number of aliphatic hydroxyl groups is 1. The van der Waals surface area contributed by atoms with Crippen LogP contribution in [0.25, 0.3) is 0 Å². The molecule has 2 unspecified atom stereocenters. The highest BCUT2D eigenvalue weighted by Crippen LogP contribution is 2.11. The molecule has 0 radical (unpaired) electrons. The molecule has 2 atom stereocenters. The van der Waals surface area contributed by atoms with Crippen LogP contribution in [0.2, 0.25) is 0 Å². The smallest absolute Gasteiger partial charge is 0.230 e. The fourth-order valence-electron chi connectivity index (χ4n) is 1.35. The van der Waals surface area contributed by atoms with Gasteiger partial charge in [0.2, 0.25) is 5.91 Å². The topological polar surface area (TPSA) is 58.6 Å². The summed E-state index contributed by atoms with van der Waals surface area (Å²) in [4.78, 5) is 11.4. The molecule has 4 nitrogen and oxygen atoms in total. The Balaban J connectivity index is 2.02. The van der Waals surface area contributed by atoms with Crippen molar-refractivity contribution in [2.24, 2.45) is 0 Å². The summed E-state index contributed by atoms with van der Waals surface area (Å²) >= 11 is 1.46. The van der Waals surface area contributed by atoms with E-state index < -0.39 is 0 Å². The highest BCUT2D eigenvalue weighted by Gasteiger charge is 2.16. The second-order valence-corrected chi connectivity index (χ2v) is 5.17. The molecule has 0 aromatic carbocycles. The number of nitrogens with one attached hydrogen (secondary N) is 1. The van der Waals surface area contributed by atoms with Crippen molar-refractivity contribution >= 4 is 17.7 Å². The molecule has 5 heteroatoms. The number of hydrogen-bond acceptors (Lipinski definition) is 4. The quantitative estimate of drug-likeness (QED) is 0.697. The first-order valence-corrected chi connectivity index (χ1v) is 6.38. The molecule has 1 saturated heterocycles. The summed E-state index contributed by atoms with van der Waals surface area (Å²) in [5.74, 6) is 0.435. The fraction of sp³-hybridized carbons (Fsp3) is 0.900. The Bertz CT molecular complexity index is 195. The molecule has 0 spiro atoms. The van der Waals surface area contributed by atoms with E-state index in [0.29, 0.717) is 12.3 Å². The molecular formula is C10H19NO3S. The number of aliphatic hydroxyl groups excluding tert-OH is 1. The first-order chi connectivity index (χ1) is 7.22. The van der Waals surface area contributed by atoms with Crippen LogP contribution in [0.3, 0.4) is 0 Å². The number of thioether (sulfide) groups is 1. The van der Waals surface area contributed by atoms with Crippen LogP contribution < -0.4 is 5.32 Å². The van der Waals surface area contributed by atoms with Crippen molar-refractivity contribution in [3.05, 3.63) is 0 Å². The summed E-state index contributed by atoms with van der Waals surface area (Å²) in [6.07, 6.45) is 2.34. The van der Waals surface area contributed by atoms with E-state index in [2.05, 4.69) is 5.32 Å². The van der Waals surface area contributed by atoms with Crippen molar-refractivity contribution < 1.29 is 14.6 Å². The Kier molecular flexibility index (Phi) is 6.05. The number of carbonyl (C=O) groups is 1. The van der Waals surface area contributed by atoms with Crippen LogP contribution >= 0.6 is 11.8 Å². The Labute approximate surface area is 94.8 Å². The van der Waals surface area contributed by atoms with Gasteiger partial charge < -0.3 is 15.2 Å².